The second kappa shape index (κ2) is 10.3. The Morgan fingerprint density at radius 3 is 1.97 bits per heavy atom. The van der Waals surface area contributed by atoms with Crippen molar-refractivity contribution in [3.63, 3.8) is 0 Å². The smallest absolute Gasteiger partial charge is 0.263 e. The maximum Gasteiger partial charge on any atom is 0.263 e. The van der Waals surface area contributed by atoms with Crippen LogP contribution >= 0.6 is 11.6 Å². The highest BCUT2D eigenvalue weighted by molar-refractivity contribution is 7.92. The van der Waals surface area contributed by atoms with Gasteiger partial charge in [-0.1, -0.05) is 89.5 Å². The number of rotatable bonds is 7. The van der Waals surface area contributed by atoms with Crippen molar-refractivity contribution in [2.75, 3.05) is 4.72 Å². The number of hydrogen-bond acceptors (Lipinski definition) is 3. The summed E-state index contributed by atoms with van der Waals surface area (Å²) in [6, 6.07) is 28.3. The Balaban J connectivity index is 1.64. The summed E-state index contributed by atoms with van der Waals surface area (Å²) in [5, 5.41) is 3.07. The molecule has 0 radical (unpaired) electrons. The lowest BCUT2D eigenvalue weighted by molar-refractivity contribution is 0.0942. The van der Waals surface area contributed by atoms with E-state index in [1.54, 1.807) is 24.3 Å². The molecule has 1 unspecified atom stereocenters. The van der Waals surface area contributed by atoms with Gasteiger partial charge in [0.1, 0.15) is 4.90 Å². The number of halogens is 1. The van der Waals surface area contributed by atoms with E-state index in [2.05, 4.69) is 10.0 Å². The number of carbonyl (C=O) groups is 1. The maximum absolute atomic E-state index is 13.3. The zero-order chi connectivity index (χ0) is 25.0. The first-order chi connectivity index (χ1) is 16.7. The number of hydrogen-bond donors (Lipinski definition) is 2. The molecule has 7 heteroatoms. The quantitative estimate of drug-likeness (QED) is 0.311. The van der Waals surface area contributed by atoms with Crippen molar-refractivity contribution in [1.82, 2.24) is 5.32 Å². The standard InChI is InChI=1S/C28H25ClN2O3S/c1-19-8-12-22(13-9-19)27(21-6-4-3-5-7-21)30-28(32)23-14-17-25(29)26(18-23)35(33,34)31-24-15-10-20(2)11-16-24/h3-18,27,31H,1-2H3,(H,30,32). The highest BCUT2D eigenvalue weighted by Crippen LogP contribution is 2.27. The van der Waals surface area contributed by atoms with E-state index in [4.69, 9.17) is 11.6 Å². The molecule has 2 N–H and O–H groups in total. The second-order valence-corrected chi connectivity index (χ2v) is 10.4. The lowest BCUT2D eigenvalue weighted by atomic mass is 9.97. The van der Waals surface area contributed by atoms with E-state index < -0.39 is 22.0 Å². The molecular weight excluding hydrogens is 480 g/mol. The first kappa shape index (κ1) is 24.5. The zero-order valence-electron chi connectivity index (χ0n) is 19.3. The number of nitrogens with one attached hydrogen (secondary N) is 2. The summed E-state index contributed by atoms with van der Waals surface area (Å²) in [6.07, 6.45) is 0. The summed E-state index contributed by atoms with van der Waals surface area (Å²) in [6.45, 7) is 3.91. The summed E-state index contributed by atoms with van der Waals surface area (Å²) >= 11 is 6.24. The largest absolute Gasteiger partial charge is 0.341 e. The molecule has 0 spiro atoms. The predicted molar refractivity (Wildman–Crippen MR) is 140 cm³/mol. The molecule has 178 valence electrons. The van der Waals surface area contributed by atoms with Crippen LogP contribution in [0.3, 0.4) is 0 Å². The summed E-state index contributed by atoms with van der Waals surface area (Å²) in [5.41, 5.74) is 4.54. The molecule has 5 nitrogen and oxygen atoms in total. The minimum absolute atomic E-state index is 0.0271. The fourth-order valence-corrected chi connectivity index (χ4v) is 5.25. The number of benzene rings is 4. The van der Waals surface area contributed by atoms with Gasteiger partial charge in [0.15, 0.2) is 0 Å². The second-order valence-electron chi connectivity index (χ2n) is 8.34. The van der Waals surface area contributed by atoms with Crippen LogP contribution in [0.2, 0.25) is 5.02 Å². The third kappa shape index (κ3) is 5.91. The van der Waals surface area contributed by atoms with Gasteiger partial charge >= 0.3 is 0 Å². The van der Waals surface area contributed by atoms with Crippen LogP contribution in [0.1, 0.15) is 38.7 Å². The van der Waals surface area contributed by atoms with Gasteiger partial charge in [0.2, 0.25) is 0 Å². The van der Waals surface area contributed by atoms with E-state index in [1.165, 1.54) is 18.2 Å². The van der Waals surface area contributed by atoms with Crippen LogP contribution in [0.5, 0.6) is 0 Å². The van der Waals surface area contributed by atoms with Gasteiger partial charge < -0.3 is 5.32 Å². The van der Waals surface area contributed by atoms with Crippen molar-refractivity contribution in [2.45, 2.75) is 24.8 Å². The van der Waals surface area contributed by atoms with Crippen LogP contribution in [-0.4, -0.2) is 14.3 Å². The first-order valence-electron chi connectivity index (χ1n) is 11.0. The first-order valence-corrected chi connectivity index (χ1v) is 12.9. The number of anilines is 1. The van der Waals surface area contributed by atoms with E-state index in [-0.39, 0.29) is 15.5 Å². The zero-order valence-corrected chi connectivity index (χ0v) is 20.9. The summed E-state index contributed by atoms with van der Waals surface area (Å²) in [7, 11) is -4.01. The Hall–Kier alpha value is -3.61. The average molecular weight is 505 g/mol. The molecule has 0 aliphatic heterocycles. The molecule has 0 aliphatic carbocycles. The molecule has 0 saturated heterocycles. The van der Waals surface area contributed by atoms with Crippen molar-refractivity contribution in [3.05, 3.63) is 130 Å². The Kier molecular flexibility index (Phi) is 7.24. The van der Waals surface area contributed by atoms with Crippen molar-refractivity contribution < 1.29 is 13.2 Å². The van der Waals surface area contributed by atoms with Crippen LogP contribution in [0.25, 0.3) is 0 Å². The molecule has 1 amide bonds. The summed E-state index contributed by atoms with van der Waals surface area (Å²) in [5.74, 6) is -0.414. The molecule has 4 rings (SSSR count). The number of sulfonamides is 1. The van der Waals surface area contributed by atoms with Crippen molar-refractivity contribution >= 4 is 33.2 Å². The molecule has 4 aromatic rings. The van der Waals surface area contributed by atoms with Gasteiger partial charge in [0, 0.05) is 11.3 Å². The third-order valence-electron chi connectivity index (χ3n) is 5.61. The van der Waals surface area contributed by atoms with Crippen LogP contribution in [0.15, 0.2) is 102 Å². The van der Waals surface area contributed by atoms with Gasteiger partial charge in [0.05, 0.1) is 11.1 Å². The van der Waals surface area contributed by atoms with Crippen LogP contribution in [0, 0.1) is 13.8 Å². The van der Waals surface area contributed by atoms with Gasteiger partial charge in [0.25, 0.3) is 15.9 Å². The van der Waals surface area contributed by atoms with E-state index in [9.17, 15) is 13.2 Å². The van der Waals surface area contributed by atoms with Gasteiger partial charge in [-0.25, -0.2) is 8.42 Å². The predicted octanol–water partition coefficient (Wildman–Crippen LogP) is 6.28. The molecule has 0 bridgehead atoms. The van der Waals surface area contributed by atoms with Crippen LogP contribution < -0.4 is 10.0 Å². The SMILES string of the molecule is Cc1ccc(NS(=O)(=O)c2cc(C(=O)NC(c3ccccc3)c3ccc(C)cc3)ccc2Cl)cc1. The molecule has 0 aromatic heterocycles. The minimum atomic E-state index is -4.01. The van der Waals surface area contributed by atoms with Crippen molar-refractivity contribution in [3.8, 4) is 0 Å². The Bertz CT molecular complexity index is 1440. The third-order valence-corrected chi connectivity index (χ3v) is 7.47. The fraction of sp³-hybridized carbons (Fsp3) is 0.107. The monoisotopic (exact) mass is 504 g/mol. The van der Waals surface area contributed by atoms with E-state index in [0.717, 1.165) is 22.3 Å². The average Bonchev–Trinajstić information content (AvgIpc) is 2.85. The Morgan fingerprint density at radius 2 is 1.34 bits per heavy atom. The molecule has 0 aliphatic rings. The number of amides is 1. The van der Waals surface area contributed by atoms with E-state index in [0.29, 0.717) is 5.69 Å². The van der Waals surface area contributed by atoms with Crippen LogP contribution in [-0.2, 0) is 10.0 Å². The number of carbonyl (C=O) groups excluding carboxylic acids is 1. The lowest BCUT2D eigenvalue weighted by Gasteiger charge is -2.20. The molecule has 4 aromatic carbocycles. The van der Waals surface area contributed by atoms with Crippen molar-refractivity contribution in [2.24, 2.45) is 0 Å². The normalized spacial score (nSPS) is 12.1. The van der Waals surface area contributed by atoms with Gasteiger partial charge in [-0.3, -0.25) is 9.52 Å². The molecule has 1 atom stereocenters. The summed E-state index contributed by atoms with van der Waals surface area (Å²) in [4.78, 5) is 13.1. The summed E-state index contributed by atoms with van der Waals surface area (Å²) < 4.78 is 28.6. The van der Waals surface area contributed by atoms with Gasteiger partial charge in [-0.2, -0.15) is 0 Å². The highest BCUT2D eigenvalue weighted by Gasteiger charge is 2.23. The minimum Gasteiger partial charge on any atom is -0.341 e. The van der Waals surface area contributed by atoms with E-state index >= 15 is 0 Å². The Morgan fingerprint density at radius 1 is 0.771 bits per heavy atom. The van der Waals surface area contributed by atoms with Gasteiger partial charge in [-0.05, 0) is 55.3 Å². The molecular formula is C28H25ClN2O3S. The van der Waals surface area contributed by atoms with Gasteiger partial charge in [-0.15, -0.1) is 0 Å². The molecule has 35 heavy (non-hydrogen) atoms. The Labute approximate surface area is 210 Å². The lowest BCUT2D eigenvalue weighted by Crippen LogP contribution is -2.29. The molecule has 0 saturated carbocycles. The number of aryl methyl sites for hydroxylation is 2. The molecule has 0 heterocycles. The van der Waals surface area contributed by atoms with Crippen LogP contribution in [0.4, 0.5) is 5.69 Å². The van der Waals surface area contributed by atoms with E-state index in [1.807, 2.05) is 68.4 Å². The maximum atomic E-state index is 13.3. The highest BCUT2D eigenvalue weighted by atomic mass is 35.5. The topological polar surface area (TPSA) is 75.3 Å². The fourth-order valence-electron chi connectivity index (χ4n) is 3.66. The molecule has 0 fully saturated rings. The van der Waals surface area contributed by atoms with Crippen molar-refractivity contribution in [1.29, 1.82) is 0 Å².